The number of fused-ring (bicyclic) bond motifs is 1. The van der Waals surface area contributed by atoms with E-state index in [1.54, 1.807) is 0 Å². The summed E-state index contributed by atoms with van der Waals surface area (Å²) in [4.78, 5) is 17.7. The lowest BCUT2D eigenvalue weighted by Gasteiger charge is -2.38. The summed E-state index contributed by atoms with van der Waals surface area (Å²) in [6, 6.07) is 7.99. The molecule has 1 aromatic carbocycles. The molecule has 0 unspecified atom stereocenters. The molecule has 4 atom stereocenters. The highest BCUT2D eigenvalue weighted by Gasteiger charge is 2.43. The zero-order chi connectivity index (χ0) is 20.4. The molecule has 1 heterocycles. The fraction of sp³-hybridized carbons (Fsp3) is 0.708. The van der Waals surface area contributed by atoms with Gasteiger partial charge in [0, 0.05) is 38.3 Å². The van der Waals surface area contributed by atoms with Gasteiger partial charge in [-0.3, -0.25) is 4.79 Å². The molecule has 1 saturated heterocycles. The van der Waals surface area contributed by atoms with E-state index in [2.05, 4.69) is 29.2 Å². The van der Waals surface area contributed by atoms with Crippen molar-refractivity contribution in [2.24, 2.45) is 17.8 Å². The number of carbonyl (C=O) groups is 1. The smallest absolute Gasteiger partial charge is 0.251 e. The maximum atomic E-state index is 12.9. The zero-order valence-corrected chi connectivity index (χ0v) is 18.3. The first-order valence-corrected chi connectivity index (χ1v) is 11.3. The van der Waals surface area contributed by atoms with Gasteiger partial charge in [0.2, 0.25) is 0 Å². The number of aryl methyl sites for hydroxylation is 1. The fourth-order valence-electron chi connectivity index (χ4n) is 4.87. The van der Waals surface area contributed by atoms with Crippen molar-refractivity contribution in [2.45, 2.75) is 44.8 Å². The maximum Gasteiger partial charge on any atom is 0.251 e. The number of hydrogen-bond donors (Lipinski definition) is 1. The van der Waals surface area contributed by atoms with Gasteiger partial charge >= 0.3 is 0 Å². The summed E-state index contributed by atoms with van der Waals surface area (Å²) in [5.74, 6) is 2.16. The Kier molecular flexibility index (Phi) is 6.57. The molecule has 4 rings (SSSR count). The van der Waals surface area contributed by atoms with E-state index in [4.69, 9.17) is 4.74 Å². The van der Waals surface area contributed by atoms with E-state index in [1.807, 2.05) is 31.2 Å². The first-order valence-electron chi connectivity index (χ1n) is 11.3. The second-order valence-electron chi connectivity index (χ2n) is 9.82. The Labute approximate surface area is 175 Å². The molecule has 3 fully saturated rings. The van der Waals surface area contributed by atoms with Crippen molar-refractivity contribution < 1.29 is 9.53 Å². The van der Waals surface area contributed by atoms with Gasteiger partial charge < -0.3 is 19.9 Å². The van der Waals surface area contributed by atoms with Crippen LogP contribution in [0.5, 0.6) is 0 Å². The largest absolute Gasteiger partial charge is 0.376 e. The lowest BCUT2D eigenvalue weighted by molar-refractivity contribution is -0.0212. The van der Waals surface area contributed by atoms with E-state index in [-0.39, 0.29) is 18.1 Å². The molecule has 0 radical (unpaired) electrons. The number of nitrogens with zero attached hydrogens (tertiary/aromatic N) is 2. The van der Waals surface area contributed by atoms with Gasteiger partial charge in [0.1, 0.15) is 0 Å². The van der Waals surface area contributed by atoms with Crippen LogP contribution in [-0.2, 0) is 4.74 Å². The molecule has 160 valence electrons. The molecule has 2 saturated carbocycles. The number of rotatable bonds is 8. The van der Waals surface area contributed by atoms with Gasteiger partial charge in [-0.2, -0.15) is 0 Å². The Morgan fingerprint density at radius 2 is 1.83 bits per heavy atom. The normalized spacial score (nSPS) is 29.8. The lowest BCUT2D eigenvalue weighted by Crippen LogP contribution is -2.50. The van der Waals surface area contributed by atoms with Crippen LogP contribution in [-0.4, -0.2) is 74.7 Å². The van der Waals surface area contributed by atoms with E-state index in [0.717, 1.165) is 50.6 Å². The van der Waals surface area contributed by atoms with Gasteiger partial charge in [-0.05, 0) is 76.6 Å². The predicted molar refractivity (Wildman–Crippen MR) is 116 cm³/mol. The Hall–Kier alpha value is -1.43. The Morgan fingerprint density at radius 1 is 1.14 bits per heavy atom. The fourth-order valence-corrected chi connectivity index (χ4v) is 4.87. The molecule has 1 amide bonds. The molecule has 0 aromatic heterocycles. The minimum atomic E-state index is 0.0379. The molecule has 1 N–H and O–H groups in total. The average molecular weight is 400 g/mol. The summed E-state index contributed by atoms with van der Waals surface area (Å²) < 4.78 is 6.38. The monoisotopic (exact) mass is 399 g/mol. The maximum absolute atomic E-state index is 12.9. The molecule has 3 aliphatic rings. The highest BCUT2D eigenvalue weighted by atomic mass is 16.5. The number of benzene rings is 1. The molecule has 29 heavy (non-hydrogen) atoms. The SMILES string of the molecule is Cc1ccc(C(=O)N[C@H]2C[C@H]3CN(CCN(C)C)C[C@H]3C[C@@H]2OCC2CC2)cc1. The number of hydrogen-bond acceptors (Lipinski definition) is 4. The van der Waals surface area contributed by atoms with Crippen LogP contribution in [0.2, 0.25) is 0 Å². The highest BCUT2D eigenvalue weighted by Crippen LogP contribution is 2.39. The van der Waals surface area contributed by atoms with Crippen LogP contribution < -0.4 is 5.32 Å². The summed E-state index contributed by atoms with van der Waals surface area (Å²) in [6.07, 6.45) is 4.87. The van der Waals surface area contributed by atoms with Gasteiger partial charge in [-0.1, -0.05) is 17.7 Å². The third-order valence-electron chi connectivity index (χ3n) is 6.93. The minimum Gasteiger partial charge on any atom is -0.376 e. The van der Waals surface area contributed by atoms with Crippen molar-refractivity contribution in [1.82, 2.24) is 15.1 Å². The lowest BCUT2D eigenvalue weighted by atomic mass is 9.77. The van der Waals surface area contributed by atoms with Crippen LogP contribution in [0.1, 0.15) is 41.6 Å². The van der Waals surface area contributed by atoms with Gasteiger partial charge in [-0.15, -0.1) is 0 Å². The van der Waals surface area contributed by atoms with Crippen LogP contribution in [0.3, 0.4) is 0 Å². The molecule has 5 nitrogen and oxygen atoms in total. The van der Waals surface area contributed by atoms with E-state index >= 15 is 0 Å². The number of likely N-dealkylation sites (N-methyl/N-ethyl adjacent to an activating group) is 1. The molecule has 0 bridgehead atoms. The van der Waals surface area contributed by atoms with Gasteiger partial charge in [0.15, 0.2) is 0 Å². The van der Waals surface area contributed by atoms with Gasteiger partial charge in [0.05, 0.1) is 12.1 Å². The van der Waals surface area contributed by atoms with Crippen LogP contribution in [0, 0.1) is 24.7 Å². The zero-order valence-electron chi connectivity index (χ0n) is 18.3. The average Bonchev–Trinajstić information content (AvgIpc) is 3.43. The summed E-state index contributed by atoms with van der Waals surface area (Å²) in [6.45, 7) is 7.49. The van der Waals surface area contributed by atoms with Crippen molar-refractivity contribution in [3.8, 4) is 0 Å². The summed E-state index contributed by atoms with van der Waals surface area (Å²) in [7, 11) is 4.28. The number of likely N-dealkylation sites (tertiary alicyclic amines) is 1. The molecule has 2 aliphatic carbocycles. The van der Waals surface area contributed by atoms with E-state index in [0.29, 0.717) is 11.8 Å². The first-order chi connectivity index (χ1) is 14.0. The quantitative estimate of drug-likeness (QED) is 0.730. The predicted octanol–water partition coefficient (Wildman–Crippen LogP) is 2.79. The van der Waals surface area contributed by atoms with Crippen molar-refractivity contribution in [3.63, 3.8) is 0 Å². The summed E-state index contributed by atoms with van der Waals surface area (Å²) >= 11 is 0. The van der Waals surface area contributed by atoms with Crippen molar-refractivity contribution in [2.75, 3.05) is 46.9 Å². The van der Waals surface area contributed by atoms with Gasteiger partial charge in [-0.25, -0.2) is 0 Å². The molecular weight excluding hydrogens is 362 g/mol. The van der Waals surface area contributed by atoms with Crippen LogP contribution in [0.4, 0.5) is 0 Å². The van der Waals surface area contributed by atoms with Crippen molar-refractivity contribution in [1.29, 1.82) is 0 Å². The number of carbonyl (C=O) groups excluding carboxylic acids is 1. The first kappa shape index (κ1) is 20.8. The summed E-state index contributed by atoms with van der Waals surface area (Å²) in [5, 5.41) is 3.34. The molecule has 1 aliphatic heterocycles. The topological polar surface area (TPSA) is 44.8 Å². The third-order valence-corrected chi connectivity index (χ3v) is 6.93. The van der Waals surface area contributed by atoms with Crippen LogP contribution in [0.25, 0.3) is 0 Å². The second-order valence-corrected chi connectivity index (χ2v) is 9.82. The molecule has 5 heteroatoms. The summed E-state index contributed by atoms with van der Waals surface area (Å²) in [5.41, 5.74) is 1.93. The number of amides is 1. The molecule has 0 spiro atoms. The highest BCUT2D eigenvalue weighted by molar-refractivity contribution is 5.94. The second kappa shape index (κ2) is 9.15. The third kappa shape index (κ3) is 5.59. The molecular formula is C24H37N3O2. The van der Waals surface area contributed by atoms with E-state index in [9.17, 15) is 4.79 Å². The number of nitrogens with one attached hydrogen (secondary N) is 1. The van der Waals surface area contributed by atoms with E-state index in [1.165, 1.54) is 24.9 Å². The standard InChI is InChI=1S/C24H37N3O2/c1-17-4-8-19(9-5-17)24(28)25-22-12-20-14-27(11-10-26(2)3)15-21(20)13-23(22)29-16-18-6-7-18/h4-5,8-9,18,20-23H,6-7,10-16H2,1-3H3,(H,25,28)/t20-,21+,22-,23-/m0/s1. The van der Waals surface area contributed by atoms with Crippen LogP contribution in [0.15, 0.2) is 24.3 Å². The van der Waals surface area contributed by atoms with Crippen molar-refractivity contribution in [3.05, 3.63) is 35.4 Å². The van der Waals surface area contributed by atoms with Crippen molar-refractivity contribution >= 4 is 5.91 Å². The Bertz CT molecular complexity index is 686. The number of ether oxygens (including phenoxy) is 1. The van der Waals surface area contributed by atoms with Crippen LogP contribution >= 0.6 is 0 Å². The van der Waals surface area contributed by atoms with E-state index < -0.39 is 0 Å². The Balaban J connectivity index is 1.39. The van der Waals surface area contributed by atoms with Gasteiger partial charge in [0.25, 0.3) is 5.91 Å². The minimum absolute atomic E-state index is 0.0379. The molecule has 1 aromatic rings. The Morgan fingerprint density at radius 3 is 2.48 bits per heavy atom.